The molecule has 6 nitrogen and oxygen atoms in total. The molecule has 1 aromatic heterocycles. The summed E-state index contributed by atoms with van der Waals surface area (Å²) in [5.74, 6) is -1.49. The monoisotopic (exact) mass is 310 g/mol. The van der Waals surface area contributed by atoms with E-state index >= 15 is 0 Å². The minimum atomic E-state index is -1.11. The smallest absolute Gasteiger partial charge is 0.355 e. The number of aromatic nitrogens is 1. The van der Waals surface area contributed by atoms with Crippen molar-refractivity contribution >= 4 is 29.1 Å². The van der Waals surface area contributed by atoms with E-state index in [0.29, 0.717) is 17.8 Å². The number of carboxylic acids is 1. The molecular weight excluding hydrogens is 292 g/mol. The molecule has 1 aliphatic rings. The lowest BCUT2D eigenvalue weighted by molar-refractivity contribution is -0.144. The Morgan fingerprint density at radius 1 is 1.48 bits per heavy atom. The molecule has 1 aromatic rings. The molecule has 1 N–H and O–H groups in total. The topological polar surface area (TPSA) is 87.6 Å². The lowest BCUT2D eigenvalue weighted by Gasteiger charge is -2.26. The third-order valence-corrected chi connectivity index (χ3v) is 5.29. The van der Waals surface area contributed by atoms with Crippen LogP contribution in [-0.4, -0.2) is 32.8 Å². The van der Waals surface area contributed by atoms with E-state index in [1.54, 1.807) is 6.92 Å². The van der Waals surface area contributed by atoms with Crippen molar-refractivity contribution in [1.29, 1.82) is 0 Å². The summed E-state index contributed by atoms with van der Waals surface area (Å²) in [7, 11) is 0. The zero-order valence-electron chi connectivity index (χ0n) is 12.3. The van der Waals surface area contributed by atoms with Gasteiger partial charge in [-0.3, -0.25) is 14.5 Å². The number of carbonyl (C=O) groups excluding carboxylic acids is 2. The van der Waals surface area contributed by atoms with Gasteiger partial charge < -0.3 is 5.11 Å². The number of hydrogen-bond acceptors (Lipinski definition) is 5. The Morgan fingerprint density at radius 3 is 2.52 bits per heavy atom. The van der Waals surface area contributed by atoms with Crippen LogP contribution in [-0.2, 0) is 9.59 Å². The molecule has 114 valence electrons. The van der Waals surface area contributed by atoms with Gasteiger partial charge in [0.1, 0.15) is 5.01 Å². The molecule has 1 unspecified atom stereocenters. The van der Waals surface area contributed by atoms with Crippen LogP contribution >= 0.6 is 11.3 Å². The highest BCUT2D eigenvalue weighted by atomic mass is 32.1. The number of carbonyl (C=O) groups is 3. The van der Waals surface area contributed by atoms with Crippen LogP contribution in [0.15, 0.2) is 5.38 Å². The summed E-state index contributed by atoms with van der Waals surface area (Å²) in [5.41, 5.74) is -0.670. The van der Waals surface area contributed by atoms with Crippen LogP contribution in [0.2, 0.25) is 0 Å². The number of hydrogen-bond donors (Lipinski definition) is 1. The first kappa shape index (κ1) is 15.6. The summed E-state index contributed by atoms with van der Waals surface area (Å²) >= 11 is 1.15. The Bertz CT molecular complexity index is 592. The SMILES string of the molecule is CCC1(CC)CC(=O)N(C(C)c2nc(C(=O)O)cs2)C1=O. The van der Waals surface area contributed by atoms with Crippen molar-refractivity contribution in [2.75, 3.05) is 0 Å². The van der Waals surface area contributed by atoms with Crippen molar-refractivity contribution < 1.29 is 19.5 Å². The van der Waals surface area contributed by atoms with Gasteiger partial charge in [0.2, 0.25) is 11.8 Å². The van der Waals surface area contributed by atoms with Gasteiger partial charge in [-0.1, -0.05) is 13.8 Å². The first-order chi connectivity index (χ1) is 9.86. The summed E-state index contributed by atoms with van der Waals surface area (Å²) in [6, 6.07) is -0.525. The molecular formula is C14H18N2O4S. The zero-order valence-corrected chi connectivity index (χ0v) is 13.1. The number of thiazole rings is 1. The molecule has 1 saturated heterocycles. The maximum Gasteiger partial charge on any atom is 0.355 e. The quantitative estimate of drug-likeness (QED) is 0.844. The van der Waals surface area contributed by atoms with Crippen molar-refractivity contribution in [1.82, 2.24) is 9.88 Å². The second-order valence-electron chi connectivity index (χ2n) is 5.29. The number of carboxylic acid groups (broad SMARTS) is 1. The van der Waals surface area contributed by atoms with E-state index in [1.165, 1.54) is 10.3 Å². The van der Waals surface area contributed by atoms with Gasteiger partial charge >= 0.3 is 5.97 Å². The molecule has 2 amide bonds. The van der Waals surface area contributed by atoms with Crippen LogP contribution in [0, 0.1) is 5.41 Å². The maximum atomic E-state index is 12.6. The predicted molar refractivity (Wildman–Crippen MR) is 77.0 cm³/mol. The molecule has 1 aliphatic heterocycles. The Balaban J connectivity index is 2.30. The van der Waals surface area contributed by atoms with Crippen LogP contribution in [0.5, 0.6) is 0 Å². The molecule has 1 fully saturated rings. The molecule has 1 atom stereocenters. The molecule has 0 aromatic carbocycles. The first-order valence-electron chi connectivity index (χ1n) is 6.91. The normalized spacial score (nSPS) is 19.1. The van der Waals surface area contributed by atoms with Crippen LogP contribution in [0.25, 0.3) is 0 Å². The summed E-state index contributed by atoms with van der Waals surface area (Å²) < 4.78 is 0. The molecule has 21 heavy (non-hydrogen) atoms. The maximum absolute atomic E-state index is 12.6. The number of rotatable bonds is 5. The third-order valence-electron chi connectivity index (χ3n) is 4.27. The van der Waals surface area contributed by atoms with E-state index in [4.69, 9.17) is 5.11 Å². The molecule has 7 heteroatoms. The van der Waals surface area contributed by atoms with Crippen molar-refractivity contribution in [3.05, 3.63) is 16.1 Å². The van der Waals surface area contributed by atoms with E-state index in [2.05, 4.69) is 4.98 Å². The van der Waals surface area contributed by atoms with Crippen molar-refractivity contribution in [3.63, 3.8) is 0 Å². The summed E-state index contributed by atoms with van der Waals surface area (Å²) in [5, 5.41) is 10.8. The summed E-state index contributed by atoms with van der Waals surface area (Å²) in [4.78, 5) is 41.0. The second kappa shape index (κ2) is 5.55. The molecule has 0 radical (unpaired) electrons. The molecule has 2 heterocycles. The first-order valence-corrected chi connectivity index (χ1v) is 7.79. The fourth-order valence-corrected chi connectivity index (χ4v) is 3.54. The van der Waals surface area contributed by atoms with Gasteiger partial charge in [0.05, 0.1) is 11.5 Å². The Labute approximate surface area is 126 Å². The summed E-state index contributed by atoms with van der Waals surface area (Å²) in [6.07, 6.45) is 1.46. The van der Waals surface area contributed by atoms with Gasteiger partial charge in [0, 0.05) is 11.8 Å². The average Bonchev–Trinajstić information content (AvgIpc) is 3.02. The Kier molecular flexibility index (Phi) is 4.13. The summed E-state index contributed by atoms with van der Waals surface area (Å²) in [6.45, 7) is 5.53. The number of imide groups is 1. The zero-order chi connectivity index (χ0) is 15.8. The lowest BCUT2D eigenvalue weighted by atomic mass is 9.81. The van der Waals surface area contributed by atoms with Gasteiger partial charge in [-0.2, -0.15) is 0 Å². The van der Waals surface area contributed by atoms with Crippen molar-refractivity contribution in [2.45, 2.75) is 46.1 Å². The average molecular weight is 310 g/mol. The number of likely N-dealkylation sites (tertiary alicyclic amines) is 1. The highest BCUT2D eigenvalue weighted by molar-refractivity contribution is 7.09. The molecule has 0 bridgehead atoms. The highest BCUT2D eigenvalue weighted by Crippen LogP contribution is 2.42. The largest absolute Gasteiger partial charge is 0.476 e. The van der Waals surface area contributed by atoms with E-state index in [1.807, 2.05) is 13.8 Å². The standard InChI is InChI=1S/C14H18N2O4S/c1-4-14(5-2)6-10(17)16(13(14)20)8(3)11-15-9(7-21-11)12(18)19/h7-8H,4-6H2,1-3H3,(H,18,19). The Morgan fingerprint density at radius 2 is 2.10 bits per heavy atom. The number of nitrogens with zero attached hydrogens (tertiary/aromatic N) is 2. The fraction of sp³-hybridized carbons (Fsp3) is 0.571. The molecule has 0 saturated carbocycles. The molecule has 2 rings (SSSR count). The number of aromatic carboxylic acids is 1. The van der Waals surface area contributed by atoms with Crippen molar-refractivity contribution in [3.8, 4) is 0 Å². The van der Waals surface area contributed by atoms with Gasteiger partial charge in [0.25, 0.3) is 0 Å². The lowest BCUT2D eigenvalue weighted by Crippen LogP contribution is -2.37. The fourth-order valence-electron chi connectivity index (χ4n) is 2.70. The number of amides is 2. The van der Waals surface area contributed by atoms with Crippen LogP contribution in [0.1, 0.15) is 61.6 Å². The molecule has 0 spiro atoms. The van der Waals surface area contributed by atoms with E-state index in [-0.39, 0.29) is 23.9 Å². The minimum Gasteiger partial charge on any atom is -0.476 e. The van der Waals surface area contributed by atoms with Gasteiger partial charge in [-0.05, 0) is 19.8 Å². The minimum absolute atomic E-state index is 0.0572. The van der Waals surface area contributed by atoms with Gasteiger partial charge in [-0.15, -0.1) is 11.3 Å². The van der Waals surface area contributed by atoms with Crippen molar-refractivity contribution in [2.24, 2.45) is 5.41 Å². The van der Waals surface area contributed by atoms with E-state index in [9.17, 15) is 14.4 Å². The molecule has 0 aliphatic carbocycles. The van der Waals surface area contributed by atoms with Gasteiger partial charge in [-0.25, -0.2) is 9.78 Å². The van der Waals surface area contributed by atoms with Gasteiger partial charge in [0.15, 0.2) is 5.69 Å². The second-order valence-corrected chi connectivity index (χ2v) is 6.17. The van der Waals surface area contributed by atoms with E-state index in [0.717, 1.165) is 11.3 Å². The van der Waals surface area contributed by atoms with E-state index < -0.39 is 17.4 Å². The van der Waals surface area contributed by atoms with Crippen LogP contribution < -0.4 is 0 Å². The predicted octanol–water partition coefficient (Wildman–Crippen LogP) is 2.47. The van der Waals surface area contributed by atoms with Crippen LogP contribution in [0.4, 0.5) is 0 Å². The van der Waals surface area contributed by atoms with Crippen LogP contribution in [0.3, 0.4) is 0 Å². The highest BCUT2D eigenvalue weighted by Gasteiger charge is 2.51. The Hall–Kier alpha value is -1.76. The third kappa shape index (κ3) is 2.46.